The molecule has 0 amide bonds. The number of carbonyl (C=O) groups is 1. The van der Waals surface area contributed by atoms with Crippen molar-refractivity contribution in [2.45, 2.75) is 6.54 Å². The fraction of sp³-hybridized carbons (Fsp3) is 0.0541. The minimum atomic E-state index is -7.22. The minimum absolute atomic E-state index is 0.325. The molecule has 0 saturated carbocycles. The van der Waals surface area contributed by atoms with Gasteiger partial charge in [-0.2, -0.15) is 4.57 Å². The van der Waals surface area contributed by atoms with Crippen LogP contribution >= 0.6 is 0 Å². The highest BCUT2D eigenvalue weighted by atomic mass is 19.2. The number of hydrogen-bond donors (Lipinski definition) is 1. The Kier molecular flexibility index (Phi) is 13.1. The molecule has 0 bridgehead atoms. The number of ketones is 1. The number of aliphatic hydroxyl groups excluding tert-OH is 1. The van der Waals surface area contributed by atoms with Crippen LogP contribution in [0.1, 0.15) is 16.1 Å². The van der Waals surface area contributed by atoms with Crippen molar-refractivity contribution in [1.82, 2.24) is 4.98 Å². The van der Waals surface area contributed by atoms with Gasteiger partial charge in [-0.25, -0.2) is 87.8 Å². The molecular formula is C37H13BF20N2O2. The van der Waals surface area contributed by atoms with Crippen molar-refractivity contribution in [3.05, 3.63) is 177 Å². The molecule has 0 saturated heterocycles. The Balaban J connectivity index is 0.000000355. The second-order valence-corrected chi connectivity index (χ2v) is 12.5. The van der Waals surface area contributed by atoms with Crippen LogP contribution in [0.5, 0.6) is 0 Å². The molecule has 1 aromatic heterocycles. The number of aromatic nitrogens is 2. The molecule has 0 aliphatic rings. The summed E-state index contributed by atoms with van der Waals surface area (Å²) >= 11 is 0. The fourth-order valence-electron chi connectivity index (χ4n) is 6.49. The number of hydrogen-bond acceptors (Lipinski definition) is 3. The Morgan fingerprint density at radius 2 is 0.726 bits per heavy atom. The normalized spacial score (nSPS) is 11.5. The second kappa shape index (κ2) is 17.5. The Hall–Kier alpha value is -6.53. The molecule has 0 fully saturated rings. The quantitative estimate of drug-likeness (QED) is 0.0479. The van der Waals surface area contributed by atoms with Crippen LogP contribution in [-0.2, 0) is 6.54 Å². The Bertz CT molecular complexity index is 2410. The molecule has 0 spiro atoms. The van der Waals surface area contributed by atoms with Crippen LogP contribution in [0, 0.1) is 116 Å². The molecule has 326 valence electrons. The van der Waals surface area contributed by atoms with Crippen molar-refractivity contribution in [1.29, 1.82) is 0 Å². The van der Waals surface area contributed by atoms with Gasteiger partial charge >= 0.3 is 0 Å². The third-order valence-corrected chi connectivity index (χ3v) is 9.17. The van der Waals surface area contributed by atoms with Crippen LogP contribution in [0.3, 0.4) is 0 Å². The zero-order chi connectivity index (χ0) is 46.4. The van der Waals surface area contributed by atoms with Crippen molar-refractivity contribution in [2.75, 3.05) is 6.61 Å². The van der Waals surface area contributed by atoms with E-state index in [-0.39, 0.29) is 5.78 Å². The average molecular weight is 908 g/mol. The standard InChI is InChI=1S/C24BF20.C13H13N2O2/c26-5-1(6(27)14(35)21(42)13(5)34)25(2-7(28)15(36)22(43)16(37)8(2)29,3-9(30)17(38)23(44)18(39)10(3)31)4-11(32)19(40)24(45)20(41)12(4)33;16-10-13(17)12-8-14-6-7-15(12)9-11-4-2-1-3-5-11/h;1-8,16H,9-10H2/q-1;+1. The maximum Gasteiger partial charge on any atom is 0.269 e. The molecular weight excluding hydrogens is 895 g/mol. The summed E-state index contributed by atoms with van der Waals surface area (Å²) in [5, 5.41) is 8.89. The molecule has 6 aromatic rings. The zero-order valence-electron chi connectivity index (χ0n) is 29.4. The topological polar surface area (TPSA) is 54.1 Å². The molecule has 0 aliphatic heterocycles. The maximum atomic E-state index is 15.4. The number of nitrogens with zero attached hydrogens (tertiary/aromatic N) is 2. The van der Waals surface area contributed by atoms with Crippen LogP contribution in [-0.4, -0.2) is 28.6 Å². The largest absolute Gasteiger partial charge is 0.388 e. The highest BCUT2D eigenvalue weighted by Gasteiger charge is 2.52. The van der Waals surface area contributed by atoms with E-state index in [2.05, 4.69) is 4.98 Å². The van der Waals surface area contributed by atoms with Crippen molar-refractivity contribution in [3.8, 4) is 0 Å². The minimum Gasteiger partial charge on any atom is -0.388 e. The van der Waals surface area contributed by atoms with Crippen molar-refractivity contribution < 1.29 is 102 Å². The van der Waals surface area contributed by atoms with Gasteiger partial charge in [0.1, 0.15) is 65.5 Å². The maximum absolute atomic E-state index is 15.4. The number of rotatable bonds is 8. The number of benzene rings is 5. The van der Waals surface area contributed by atoms with E-state index >= 15 is 35.1 Å². The summed E-state index contributed by atoms with van der Waals surface area (Å²) in [4.78, 5) is 15.4. The van der Waals surface area contributed by atoms with E-state index in [0.29, 0.717) is 12.2 Å². The van der Waals surface area contributed by atoms with Gasteiger partial charge in [-0.1, -0.05) is 30.3 Å². The van der Waals surface area contributed by atoms with E-state index in [1.165, 1.54) is 6.20 Å². The monoisotopic (exact) mass is 908 g/mol. The first-order valence-electron chi connectivity index (χ1n) is 16.3. The first kappa shape index (κ1) is 46.5. The highest BCUT2D eigenvalue weighted by molar-refractivity contribution is 7.20. The first-order valence-corrected chi connectivity index (χ1v) is 16.3. The van der Waals surface area contributed by atoms with Gasteiger partial charge in [0.2, 0.25) is 0 Å². The van der Waals surface area contributed by atoms with Gasteiger partial charge < -0.3 is 5.11 Å². The lowest BCUT2D eigenvalue weighted by molar-refractivity contribution is -0.690. The lowest BCUT2D eigenvalue weighted by Crippen LogP contribution is -2.81. The van der Waals surface area contributed by atoms with E-state index in [4.69, 9.17) is 5.11 Å². The van der Waals surface area contributed by atoms with Crippen LogP contribution in [0.25, 0.3) is 0 Å². The Morgan fingerprint density at radius 1 is 0.452 bits per heavy atom. The molecule has 0 aliphatic carbocycles. The fourth-order valence-corrected chi connectivity index (χ4v) is 6.49. The summed E-state index contributed by atoms with van der Waals surface area (Å²) in [5.41, 5.74) is -12.8. The highest BCUT2D eigenvalue weighted by Crippen LogP contribution is 2.30. The SMILES string of the molecule is Fc1c(F)c(F)c([B-](c2c(F)c(F)c(F)c(F)c2F)(c2c(F)c(F)c(F)c(F)c2F)c2c(F)c(F)c(F)c(F)c2F)c(F)c1F.O=C(CO)c1cncc[n+]1Cc1ccccc1. The number of halogens is 20. The van der Waals surface area contributed by atoms with Crippen LogP contribution < -0.4 is 26.4 Å². The van der Waals surface area contributed by atoms with Crippen LogP contribution in [0.4, 0.5) is 87.8 Å². The molecule has 25 heteroatoms. The lowest BCUT2D eigenvalue weighted by atomic mass is 9.12. The van der Waals surface area contributed by atoms with Gasteiger partial charge in [0, 0.05) is 5.56 Å². The van der Waals surface area contributed by atoms with Gasteiger partial charge in [-0.15, -0.1) is 21.9 Å². The number of Topliss-reactive ketones (excluding diaryl/α,β-unsaturated/α-hetero) is 1. The number of aliphatic hydroxyl groups is 1. The van der Waals surface area contributed by atoms with Gasteiger partial charge in [0.15, 0.2) is 82.5 Å². The molecule has 1 N–H and O–H groups in total. The predicted molar refractivity (Wildman–Crippen MR) is 171 cm³/mol. The van der Waals surface area contributed by atoms with E-state index in [0.717, 1.165) is 5.56 Å². The first-order chi connectivity index (χ1) is 29.0. The number of carbonyl (C=O) groups excluding carboxylic acids is 1. The summed E-state index contributed by atoms with van der Waals surface area (Å²) < 4.78 is 296. The smallest absolute Gasteiger partial charge is 0.269 e. The van der Waals surface area contributed by atoms with E-state index in [1.54, 1.807) is 17.0 Å². The second-order valence-electron chi connectivity index (χ2n) is 12.5. The summed E-state index contributed by atoms with van der Waals surface area (Å²) in [6.07, 6.45) is -2.39. The van der Waals surface area contributed by atoms with Gasteiger partial charge in [-0.05, 0) is 0 Å². The summed E-state index contributed by atoms with van der Waals surface area (Å²) in [5.74, 6) is -71.7. The molecule has 0 radical (unpaired) electrons. The molecule has 1 heterocycles. The Labute approximate surface area is 330 Å². The summed E-state index contributed by atoms with van der Waals surface area (Å²) in [7, 11) is 0. The lowest BCUT2D eigenvalue weighted by Gasteiger charge is -2.44. The van der Waals surface area contributed by atoms with Crippen molar-refractivity contribution in [3.63, 3.8) is 0 Å². The third-order valence-electron chi connectivity index (χ3n) is 9.17. The van der Waals surface area contributed by atoms with E-state index < -0.39 is 151 Å². The summed E-state index contributed by atoms with van der Waals surface area (Å²) in [6, 6.07) is 9.82. The van der Waals surface area contributed by atoms with E-state index in [9.17, 15) is 57.5 Å². The van der Waals surface area contributed by atoms with Crippen LogP contribution in [0.15, 0.2) is 48.9 Å². The molecule has 4 nitrogen and oxygen atoms in total. The molecule has 5 aromatic carbocycles. The van der Waals surface area contributed by atoms with Gasteiger partial charge in [-0.3, -0.25) is 9.78 Å². The van der Waals surface area contributed by atoms with Crippen molar-refractivity contribution in [2.24, 2.45) is 0 Å². The van der Waals surface area contributed by atoms with E-state index in [1.807, 2.05) is 30.3 Å². The Morgan fingerprint density at radius 3 is 1.00 bits per heavy atom. The molecule has 62 heavy (non-hydrogen) atoms. The third kappa shape index (κ3) is 7.25. The molecule has 6 rings (SSSR count). The van der Waals surface area contributed by atoms with Gasteiger partial charge in [0.05, 0.1) is 6.20 Å². The van der Waals surface area contributed by atoms with Crippen molar-refractivity contribution >= 4 is 33.8 Å². The average Bonchev–Trinajstić information content (AvgIpc) is 3.26. The molecule has 0 unspecified atom stereocenters. The predicted octanol–water partition coefficient (Wildman–Crippen LogP) is 6.44. The van der Waals surface area contributed by atoms with Gasteiger partial charge in [0.25, 0.3) is 11.5 Å². The summed E-state index contributed by atoms with van der Waals surface area (Å²) in [6.45, 7) is 0.0882. The zero-order valence-corrected chi connectivity index (χ0v) is 29.4. The van der Waals surface area contributed by atoms with Crippen LogP contribution in [0.2, 0.25) is 0 Å². The molecule has 0 atom stereocenters.